The van der Waals surface area contributed by atoms with Gasteiger partial charge in [-0.15, -0.1) is 5.73 Å². The van der Waals surface area contributed by atoms with E-state index in [1.807, 2.05) is 26.0 Å². The van der Waals surface area contributed by atoms with Gasteiger partial charge in [0.15, 0.2) is 0 Å². The normalized spacial score (nSPS) is 15.3. The maximum atomic E-state index is 4.20. The third-order valence-electron chi connectivity index (χ3n) is 3.34. The van der Waals surface area contributed by atoms with Crippen molar-refractivity contribution in [1.82, 2.24) is 0 Å². The molecule has 0 atom stereocenters. The zero-order valence-corrected chi connectivity index (χ0v) is 11.8. The monoisotopic (exact) mass is 248 g/mol. The molecule has 0 radical (unpaired) electrons. The highest BCUT2D eigenvalue weighted by atomic mass is 14.2. The Hall–Kier alpha value is -2.04. The molecule has 0 aliphatic heterocycles. The van der Waals surface area contributed by atoms with E-state index in [9.17, 15) is 0 Å². The molecule has 0 saturated heterocycles. The van der Waals surface area contributed by atoms with Crippen molar-refractivity contribution < 1.29 is 0 Å². The van der Waals surface area contributed by atoms with Crippen LogP contribution in [0.3, 0.4) is 0 Å². The Balaban J connectivity index is 0.000000637. The minimum absolute atomic E-state index is 0.872. The molecule has 1 aromatic carbocycles. The average Bonchev–Trinajstić information content (AvgIpc) is 2.63. The summed E-state index contributed by atoms with van der Waals surface area (Å²) in [5.74, 6) is 0. The van der Waals surface area contributed by atoms with Crippen LogP contribution in [0, 0.1) is 0 Å². The van der Waals surface area contributed by atoms with E-state index in [0.29, 0.717) is 0 Å². The quantitative estimate of drug-likeness (QED) is 0.514. The van der Waals surface area contributed by atoms with Crippen molar-refractivity contribution >= 4 is 23.3 Å². The van der Waals surface area contributed by atoms with Gasteiger partial charge in [-0.1, -0.05) is 51.3 Å². The molecular weight excluding hydrogens is 228 g/mol. The molecule has 2 aliphatic rings. The molecule has 0 N–H and O–H groups in total. The van der Waals surface area contributed by atoms with Gasteiger partial charge in [0.2, 0.25) is 0 Å². The summed E-state index contributed by atoms with van der Waals surface area (Å²) in [5.41, 5.74) is 10.6. The first-order valence-electron chi connectivity index (χ1n) is 6.88. The van der Waals surface area contributed by atoms with E-state index in [1.54, 1.807) is 0 Å². The van der Waals surface area contributed by atoms with Gasteiger partial charge in [0, 0.05) is 0 Å². The summed E-state index contributed by atoms with van der Waals surface area (Å²) in [4.78, 5) is 0. The van der Waals surface area contributed by atoms with Gasteiger partial charge in [-0.05, 0) is 58.4 Å². The molecule has 19 heavy (non-hydrogen) atoms. The Morgan fingerprint density at radius 1 is 0.947 bits per heavy atom. The second-order valence-corrected chi connectivity index (χ2v) is 4.53. The van der Waals surface area contributed by atoms with Crippen molar-refractivity contribution in [1.29, 1.82) is 0 Å². The van der Waals surface area contributed by atoms with Crippen LogP contribution >= 0.6 is 0 Å². The van der Waals surface area contributed by atoms with Crippen LogP contribution in [0.4, 0.5) is 0 Å². The van der Waals surface area contributed by atoms with Gasteiger partial charge < -0.3 is 0 Å². The van der Waals surface area contributed by atoms with Crippen molar-refractivity contribution in [2.75, 3.05) is 0 Å². The van der Waals surface area contributed by atoms with Gasteiger partial charge in [-0.25, -0.2) is 0 Å². The number of fused-ring (bicyclic) bond motifs is 3. The van der Waals surface area contributed by atoms with E-state index in [-0.39, 0.29) is 0 Å². The van der Waals surface area contributed by atoms with Crippen LogP contribution in [0.25, 0.3) is 23.3 Å². The molecular formula is C19H20. The van der Waals surface area contributed by atoms with Gasteiger partial charge in [-0.3, -0.25) is 0 Å². The summed E-state index contributed by atoms with van der Waals surface area (Å²) in [7, 11) is 0. The van der Waals surface area contributed by atoms with Crippen LogP contribution in [0.15, 0.2) is 43.2 Å². The van der Waals surface area contributed by atoms with E-state index in [4.69, 9.17) is 0 Å². The van der Waals surface area contributed by atoms with Crippen LogP contribution in [-0.2, 0) is 0 Å². The number of hydrogen-bond acceptors (Lipinski definition) is 0. The number of allylic oxidation sites excluding steroid dienone is 4. The molecule has 0 heterocycles. The minimum atomic E-state index is 0.872. The fourth-order valence-corrected chi connectivity index (χ4v) is 2.52. The fourth-order valence-electron chi connectivity index (χ4n) is 2.52. The third kappa shape index (κ3) is 2.41. The number of hydrogen-bond donors (Lipinski definition) is 0. The Morgan fingerprint density at radius 2 is 1.58 bits per heavy atom. The predicted octanol–water partition coefficient (Wildman–Crippen LogP) is 5.73. The molecule has 0 fully saturated rings. The largest absolute Gasteiger partial charge is 0.124 e. The summed E-state index contributed by atoms with van der Waals surface area (Å²) in [6.45, 7) is 12.4. The van der Waals surface area contributed by atoms with E-state index in [1.165, 1.54) is 27.8 Å². The fraction of sp³-hybridized carbons (Fsp3) is 0.211. The molecule has 0 nitrogen and oxygen atoms in total. The summed E-state index contributed by atoms with van der Waals surface area (Å²) in [5, 5.41) is 0. The first-order chi connectivity index (χ1) is 9.27. The van der Waals surface area contributed by atoms with Gasteiger partial charge in [0.05, 0.1) is 0 Å². The maximum Gasteiger partial charge on any atom is -0.00207 e. The second kappa shape index (κ2) is 5.73. The first-order valence-corrected chi connectivity index (χ1v) is 6.88. The van der Waals surface area contributed by atoms with Crippen LogP contribution in [0.1, 0.15) is 48.9 Å². The SMILES string of the molecule is C=C1CC=C=Cc2ccc3c(c21)C(=C)CC=C3.CC. The topological polar surface area (TPSA) is 0 Å². The zero-order valence-electron chi connectivity index (χ0n) is 11.8. The van der Waals surface area contributed by atoms with Crippen LogP contribution < -0.4 is 0 Å². The number of rotatable bonds is 0. The lowest BCUT2D eigenvalue weighted by Gasteiger charge is -2.20. The van der Waals surface area contributed by atoms with Crippen molar-refractivity contribution in [3.05, 3.63) is 65.4 Å². The van der Waals surface area contributed by atoms with Crippen LogP contribution in [-0.4, -0.2) is 0 Å². The van der Waals surface area contributed by atoms with Gasteiger partial charge >= 0.3 is 0 Å². The highest BCUT2D eigenvalue weighted by molar-refractivity contribution is 5.90. The molecule has 0 amide bonds. The average molecular weight is 248 g/mol. The van der Waals surface area contributed by atoms with Gasteiger partial charge in [-0.2, -0.15) is 0 Å². The van der Waals surface area contributed by atoms with E-state index >= 15 is 0 Å². The lowest BCUT2D eigenvalue weighted by atomic mass is 9.84. The Morgan fingerprint density at radius 3 is 2.37 bits per heavy atom. The standard InChI is InChI=1S/C17H14.C2H6/c1-12-6-3-4-8-14-10-11-15-9-5-7-13(2)17(15)16(12)14;1-2/h3,5,8-11H,1-2,6-7H2;1-2H3. The molecule has 2 aliphatic carbocycles. The van der Waals surface area contributed by atoms with Crippen LogP contribution in [0.2, 0.25) is 0 Å². The smallest absolute Gasteiger partial charge is 0.00207 e. The molecule has 3 rings (SSSR count). The van der Waals surface area contributed by atoms with Crippen molar-refractivity contribution in [2.24, 2.45) is 0 Å². The zero-order chi connectivity index (χ0) is 13.8. The second-order valence-electron chi connectivity index (χ2n) is 4.53. The minimum Gasteiger partial charge on any atom is -0.124 e. The highest BCUT2D eigenvalue weighted by Gasteiger charge is 2.17. The Kier molecular flexibility index (Phi) is 4.04. The van der Waals surface area contributed by atoms with Gasteiger partial charge in [0.1, 0.15) is 0 Å². The first kappa shape index (κ1) is 13.4. The molecule has 96 valence electrons. The summed E-state index contributed by atoms with van der Waals surface area (Å²) in [6, 6.07) is 4.31. The molecule has 1 aromatic rings. The van der Waals surface area contributed by atoms with Crippen molar-refractivity contribution in [3.8, 4) is 0 Å². The molecule has 0 heteroatoms. The Labute approximate surface area is 116 Å². The predicted molar refractivity (Wildman–Crippen MR) is 86.7 cm³/mol. The lowest BCUT2D eigenvalue weighted by molar-refractivity contribution is 1.32. The Bertz CT molecular complexity index is 618. The molecule has 0 aromatic heterocycles. The summed E-state index contributed by atoms with van der Waals surface area (Å²) < 4.78 is 0. The highest BCUT2D eigenvalue weighted by Crippen LogP contribution is 2.37. The van der Waals surface area contributed by atoms with E-state index < -0.39 is 0 Å². The molecule has 0 unspecified atom stereocenters. The van der Waals surface area contributed by atoms with Gasteiger partial charge in [0.25, 0.3) is 0 Å². The lowest BCUT2D eigenvalue weighted by Crippen LogP contribution is -2.00. The van der Waals surface area contributed by atoms with Crippen molar-refractivity contribution in [3.63, 3.8) is 0 Å². The molecule has 0 spiro atoms. The third-order valence-corrected chi connectivity index (χ3v) is 3.34. The molecule has 0 bridgehead atoms. The summed E-state index contributed by atoms with van der Waals surface area (Å²) >= 11 is 0. The summed E-state index contributed by atoms with van der Waals surface area (Å²) in [6.07, 6.45) is 10.2. The number of benzene rings is 1. The van der Waals surface area contributed by atoms with E-state index in [2.05, 4.69) is 43.2 Å². The van der Waals surface area contributed by atoms with E-state index in [0.717, 1.165) is 18.4 Å². The molecule has 0 saturated carbocycles. The van der Waals surface area contributed by atoms with Crippen LogP contribution in [0.5, 0.6) is 0 Å². The maximum absolute atomic E-state index is 4.20. The van der Waals surface area contributed by atoms with Crippen molar-refractivity contribution in [2.45, 2.75) is 26.7 Å².